The van der Waals surface area contributed by atoms with Gasteiger partial charge in [-0.15, -0.1) is 0 Å². The van der Waals surface area contributed by atoms with Gasteiger partial charge in [-0.2, -0.15) is 0 Å². The Balaban J connectivity index is 1.02. The Morgan fingerprint density at radius 1 is 0.865 bits per heavy atom. The summed E-state index contributed by atoms with van der Waals surface area (Å²) in [5.41, 5.74) is 19.8. The van der Waals surface area contributed by atoms with Crippen LogP contribution >= 0.6 is 0 Å². The fourth-order valence-corrected chi connectivity index (χ4v) is 5.54. The van der Waals surface area contributed by atoms with Crippen LogP contribution in [0.3, 0.4) is 0 Å². The van der Waals surface area contributed by atoms with Gasteiger partial charge in [-0.25, -0.2) is 0 Å². The van der Waals surface area contributed by atoms with E-state index in [9.17, 15) is 24.0 Å². The van der Waals surface area contributed by atoms with E-state index in [1.165, 1.54) is 0 Å². The molecule has 274 valence electrons. The Hall–Kier alpha value is -5.96. The van der Waals surface area contributed by atoms with E-state index < -0.39 is 6.04 Å². The van der Waals surface area contributed by atoms with Crippen molar-refractivity contribution in [2.45, 2.75) is 57.2 Å². The first-order valence-corrected chi connectivity index (χ1v) is 17.3. The minimum absolute atomic E-state index is 0.00875. The first-order valence-electron chi connectivity index (χ1n) is 17.3. The van der Waals surface area contributed by atoms with Crippen molar-refractivity contribution in [3.05, 3.63) is 89.0 Å². The molecule has 1 atom stereocenters. The number of rotatable bonds is 17. The van der Waals surface area contributed by atoms with Gasteiger partial charge in [-0.3, -0.25) is 29.0 Å². The molecule has 1 saturated carbocycles. The lowest BCUT2D eigenvalue weighted by molar-refractivity contribution is -0.122. The molecule has 0 saturated heterocycles. The lowest BCUT2D eigenvalue weighted by Crippen LogP contribution is -2.41. The van der Waals surface area contributed by atoms with Gasteiger partial charge in [0.05, 0.1) is 11.7 Å². The fraction of sp³-hybridized carbons (Fsp3) is 0.351. The molecule has 5 rings (SSSR count). The van der Waals surface area contributed by atoms with Gasteiger partial charge in [0.2, 0.25) is 5.91 Å². The number of aliphatic imine (C=N–C) groups is 1. The number of unbranched alkanes of at least 4 members (excludes halogenated alkanes) is 1. The molecule has 1 aliphatic heterocycles. The summed E-state index contributed by atoms with van der Waals surface area (Å²) >= 11 is 0. The van der Waals surface area contributed by atoms with Gasteiger partial charge >= 0.3 is 0 Å². The SMILES string of the molecule is NC(N)=NCCC[C@H](N)C(=O)NCCCCNC(=O)c1ccc(NC(=O)c2ccc(CN(C(=O)c3ccc4c(c3)OCC(=O)N4)C3CC3)cc2)cc1. The fourth-order valence-electron chi connectivity index (χ4n) is 5.54. The first kappa shape index (κ1) is 37.3. The Morgan fingerprint density at radius 2 is 1.52 bits per heavy atom. The Bertz CT molecular complexity index is 1790. The van der Waals surface area contributed by atoms with Crippen molar-refractivity contribution < 1.29 is 28.7 Å². The van der Waals surface area contributed by atoms with Crippen LogP contribution in [-0.4, -0.2) is 78.7 Å². The van der Waals surface area contributed by atoms with Crippen molar-refractivity contribution in [2.75, 3.05) is 36.9 Å². The maximum Gasteiger partial charge on any atom is 0.262 e. The Labute approximate surface area is 301 Å². The number of hydrogen-bond acceptors (Lipinski definition) is 8. The molecule has 15 heteroatoms. The minimum atomic E-state index is -0.633. The van der Waals surface area contributed by atoms with Crippen LogP contribution in [0.5, 0.6) is 5.75 Å². The van der Waals surface area contributed by atoms with Crippen molar-refractivity contribution in [3.63, 3.8) is 0 Å². The van der Waals surface area contributed by atoms with E-state index in [0.29, 0.717) is 85.7 Å². The van der Waals surface area contributed by atoms with E-state index in [0.717, 1.165) is 18.4 Å². The molecule has 0 radical (unpaired) electrons. The number of benzene rings is 3. The molecule has 3 aromatic rings. The van der Waals surface area contributed by atoms with Gasteiger partial charge in [-0.05, 0) is 98.7 Å². The summed E-state index contributed by atoms with van der Waals surface area (Å²) in [5.74, 6) is -0.665. The predicted molar refractivity (Wildman–Crippen MR) is 197 cm³/mol. The second-order valence-electron chi connectivity index (χ2n) is 12.7. The van der Waals surface area contributed by atoms with Crippen LogP contribution in [0.2, 0.25) is 0 Å². The van der Waals surface area contributed by atoms with Crippen LogP contribution in [-0.2, 0) is 16.1 Å². The van der Waals surface area contributed by atoms with E-state index in [-0.39, 0.29) is 48.1 Å². The van der Waals surface area contributed by atoms with E-state index in [2.05, 4.69) is 26.3 Å². The monoisotopic (exact) mass is 711 g/mol. The molecule has 15 nitrogen and oxygen atoms in total. The van der Waals surface area contributed by atoms with Crippen molar-refractivity contribution in [3.8, 4) is 5.75 Å². The molecule has 10 N–H and O–H groups in total. The molecule has 3 aromatic carbocycles. The average molecular weight is 712 g/mol. The summed E-state index contributed by atoms with van der Waals surface area (Å²) in [5, 5.41) is 11.2. The van der Waals surface area contributed by atoms with Gasteiger partial charge in [-0.1, -0.05) is 12.1 Å². The molecule has 1 aliphatic carbocycles. The van der Waals surface area contributed by atoms with Gasteiger partial charge in [0.25, 0.3) is 23.6 Å². The lowest BCUT2D eigenvalue weighted by atomic mass is 10.1. The van der Waals surface area contributed by atoms with Crippen molar-refractivity contribution in [2.24, 2.45) is 22.2 Å². The highest BCUT2D eigenvalue weighted by molar-refractivity contribution is 6.04. The smallest absolute Gasteiger partial charge is 0.262 e. The molecule has 52 heavy (non-hydrogen) atoms. The molecular weight excluding hydrogens is 666 g/mol. The van der Waals surface area contributed by atoms with Crippen LogP contribution in [0.1, 0.15) is 75.2 Å². The van der Waals surface area contributed by atoms with Crippen LogP contribution in [0.15, 0.2) is 71.7 Å². The molecule has 0 unspecified atom stereocenters. The number of ether oxygens (including phenoxy) is 1. The van der Waals surface area contributed by atoms with Crippen LogP contribution in [0.4, 0.5) is 11.4 Å². The molecule has 1 fully saturated rings. The maximum absolute atomic E-state index is 13.5. The third-order valence-electron chi connectivity index (χ3n) is 8.58. The normalized spacial score (nSPS) is 13.8. The van der Waals surface area contributed by atoms with Crippen LogP contribution < -0.4 is 43.2 Å². The van der Waals surface area contributed by atoms with E-state index in [1.807, 2.05) is 17.0 Å². The highest BCUT2D eigenvalue weighted by Gasteiger charge is 2.33. The van der Waals surface area contributed by atoms with Crippen LogP contribution in [0.25, 0.3) is 0 Å². The highest BCUT2D eigenvalue weighted by Crippen LogP contribution is 2.33. The topological polar surface area (TPSA) is 236 Å². The van der Waals surface area contributed by atoms with Crippen molar-refractivity contribution in [1.82, 2.24) is 15.5 Å². The molecular formula is C37H45N9O6. The molecule has 0 bridgehead atoms. The Kier molecular flexibility index (Phi) is 12.8. The van der Waals surface area contributed by atoms with Gasteiger partial charge in [0, 0.05) is 54.6 Å². The number of carbonyl (C=O) groups is 5. The summed E-state index contributed by atoms with van der Waals surface area (Å²) < 4.78 is 5.49. The summed E-state index contributed by atoms with van der Waals surface area (Å²) in [4.78, 5) is 68.4. The van der Waals surface area contributed by atoms with Crippen LogP contribution in [0, 0.1) is 0 Å². The number of amides is 5. The third kappa shape index (κ3) is 10.8. The second kappa shape index (κ2) is 17.8. The van der Waals surface area contributed by atoms with Gasteiger partial charge in [0.1, 0.15) is 5.75 Å². The van der Waals surface area contributed by atoms with Gasteiger partial charge < -0.3 is 48.1 Å². The zero-order valence-electron chi connectivity index (χ0n) is 28.9. The van der Waals surface area contributed by atoms with E-state index in [4.69, 9.17) is 21.9 Å². The first-order chi connectivity index (χ1) is 25.1. The molecule has 1 heterocycles. The zero-order chi connectivity index (χ0) is 37.0. The molecule has 0 aromatic heterocycles. The van der Waals surface area contributed by atoms with Gasteiger partial charge in [0.15, 0.2) is 12.6 Å². The summed E-state index contributed by atoms with van der Waals surface area (Å²) in [6, 6.07) is 18.2. The Morgan fingerprint density at radius 3 is 2.21 bits per heavy atom. The maximum atomic E-state index is 13.5. The number of nitrogens with one attached hydrogen (secondary N) is 4. The summed E-state index contributed by atoms with van der Waals surface area (Å²) in [6.07, 6.45) is 4.26. The zero-order valence-corrected chi connectivity index (χ0v) is 28.9. The second-order valence-corrected chi connectivity index (χ2v) is 12.7. The number of fused-ring (bicyclic) bond motifs is 1. The molecule has 2 aliphatic rings. The standard InChI is InChI=1S/C37H45N9O6/c38-29(4-3-19-43-37(39)40)35(50)42-18-2-1-17-41-33(48)24-9-12-27(13-10-24)44-34(49)25-7-5-23(6-8-25)21-46(28-14-15-28)36(51)26-11-16-30-31(20-26)52-22-32(47)45-30/h5-13,16,20,28-29H,1-4,14-15,17-19,21-22,38H2,(H,41,48)(H,42,50)(H,44,49)(H,45,47)(H4,39,40,43)/t29-/m0/s1. The number of nitrogens with two attached hydrogens (primary N) is 3. The number of anilines is 2. The number of guanidine groups is 1. The van der Waals surface area contributed by atoms with Crippen molar-refractivity contribution >= 4 is 46.9 Å². The molecule has 5 amide bonds. The largest absolute Gasteiger partial charge is 0.482 e. The highest BCUT2D eigenvalue weighted by atomic mass is 16.5. The number of nitrogens with zero attached hydrogens (tertiary/aromatic N) is 2. The lowest BCUT2D eigenvalue weighted by Gasteiger charge is -2.24. The van der Waals surface area contributed by atoms with Crippen molar-refractivity contribution in [1.29, 1.82) is 0 Å². The van der Waals surface area contributed by atoms with E-state index in [1.54, 1.807) is 54.6 Å². The average Bonchev–Trinajstić information content (AvgIpc) is 3.99. The quantitative estimate of drug-likeness (QED) is 0.0616. The number of carbonyl (C=O) groups excluding carboxylic acids is 5. The summed E-state index contributed by atoms with van der Waals surface area (Å²) in [6.45, 7) is 1.60. The van der Waals surface area contributed by atoms with E-state index >= 15 is 0 Å². The minimum Gasteiger partial charge on any atom is -0.482 e. The third-order valence-corrected chi connectivity index (χ3v) is 8.58. The molecule has 0 spiro atoms. The summed E-state index contributed by atoms with van der Waals surface area (Å²) in [7, 11) is 0. The number of hydrogen-bond donors (Lipinski definition) is 7. The predicted octanol–water partition coefficient (Wildman–Crippen LogP) is 2.08.